The molecule has 3 N–H and O–H groups in total. The van der Waals surface area contributed by atoms with Crippen LogP contribution in [0.25, 0.3) is 11.1 Å². The zero-order valence-electron chi connectivity index (χ0n) is 21.6. The van der Waals surface area contributed by atoms with Gasteiger partial charge in [-0.05, 0) is 73.6 Å². The van der Waals surface area contributed by atoms with Crippen LogP contribution in [-0.2, 0) is 17.8 Å². The van der Waals surface area contributed by atoms with Crippen molar-refractivity contribution in [3.05, 3.63) is 70.3 Å². The Morgan fingerprint density at radius 3 is 2.66 bits per heavy atom. The number of aliphatic hydroxyl groups excluding tert-OH is 1. The summed E-state index contributed by atoms with van der Waals surface area (Å²) in [6.07, 6.45) is 2.65. The molecular weight excluding hydrogens is 491 g/mol. The molecule has 4 atom stereocenters. The average Bonchev–Trinajstić information content (AvgIpc) is 3.46. The van der Waals surface area contributed by atoms with Crippen molar-refractivity contribution in [2.45, 2.75) is 51.7 Å². The first-order valence-electron chi connectivity index (χ1n) is 12.7. The molecule has 5 rings (SSSR count). The molecule has 1 fully saturated rings. The number of aryl methyl sites for hydroxylation is 2. The minimum Gasteiger partial charge on any atom is -0.481 e. The summed E-state index contributed by atoms with van der Waals surface area (Å²) in [6.45, 7) is 5.06. The summed E-state index contributed by atoms with van der Waals surface area (Å²) in [4.78, 5) is 20.2. The van der Waals surface area contributed by atoms with Gasteiger partial charge in [-0.15, -0.1) is 0 Å². The monoisotopic (exact) mass is 522 g/mol. The first-order valence-corrected chi connectivity index (χ1v) is 12.7. The molecule has 2 aliphatic rings. The van der Waals surface area contributed by atoms with Crippen molar-refractivity contribution >= 4 is 5.97 Å². The highest BCUT2D eigenvalue weighted by Gasteiger charge is 2.59. The zero-order chi connectivity index (χ0) is 27.2. The van der Waals surface area contributed by atoms with Crippen LogP contribution >= 0.6 is 0 Å². The molecule has 2 aliphatic carbocycles. The van der Waals surface area contributed by atoms with Crippen LogP contribution in [0.15, 0.2) is 36.5 Å². The Labute approximate surface area is 220 Å². The molecule has 8 nitrogen and oxygen atoms in total. The minimum atomic E-state index is -1.21. The standard InChI is InChI=1S/C29H31FN2O6/c1-15-8-23(30)18(13-38-25-11-17-9-21-26(22(17)12-31-25)27(21)28(34)35)10-20(15)19-4-5-24(32-16(19)2)37-7-6-29(3,36)14-33/h4-5,8,10-12,21,26-27,33,36H,6-7,9,13-14H2,1-3H3,(H,34,35)/t21-,26-,27+,29?/m1/s1. The van der Waals surface area contributed by atoms with Gasteiger partial charge < -0.3 is 24.8 Å². The van der Waals surface area contributed by atoms with E-state index in [1.54, 1.807) is 18.3 Å². The van der Waals surface area contributed by atoms with E-state index in [9.17, 15) is 19.4 Å². The third-order valence-electron chi connectivity index (χ3n) is 7.62. The summed E-state index contributed by atoms with van der Waals surface area (Å²) in [5.41, 5.74) is 4.32. The maximum Gasteiger partial charge on any atom is 0.307 e. The molecule has 1 saturated carbocycles. The smallest absolute Gasteiger partial charge is 0.307 e. The van der Waals surface area contributed by atoms with E-state index >= 15 is 0 Å². The number of aliphatic carboxylic acids is 1. The summed E-state index contributed by atoms with van der Waals surface area (Å²) in [6, 6.07) is 8.66. The lowest BCUT2D eigenvalue weighted by Gasteiger charge is -2.20. The third kappa shape index (κ3) is 5.08. The van der Waals surface area contributed by atoms with Crippen molar-refractivity contribution in [2.75, 3.05) is 13.2 Å². The van der Waals surface area contributed by atoms with Gasteiger partial charge in [-0.3, -0.25) is 4.79 Å². The number of carboxylic acids is 1. The molecule has 9 heteroatoms. The Bertz CT molecular complexity index is 1390. The molecular formula is C29H31FN2O6. The molecule has 38 heavy (non-hydrogen) atoms. The summed E-state index contributed by atoms with van der Waals surface area (Å²) in [7, 11) is 0. The maximum absolute atomic E-state index is 14.8. The molecule has 0 aliphatic heterocycles. The Hall–Kier alpha value is -3.56. The van der Waals surface area contributed by atoms with Crippen LogP contribution < -0.4 is 9.47 Å². The van der Waals surface area contributed by atoms with Crippen LogP contribution in [0.3, 0.4) is 0 Å². The second-order valence-corrected chi connectivity index (χ2v) is 10.6. The summed E-state index contributed by atoms with van der Waals surface area (Å²) in [5, 5.41) is 28.4. The summed E-state index contributed by atoms with van der Waals surface area (Å²) >= 11 is 0. The quantitative estimate of drug-likeness (QED) is 0.366. The number of hydrogen-bond acceptors (Lipinski definition) is 7. The molecule has 0 bridgehead atoms. The van der Waals surface area contributed by atoms with Crippen molar-refractivity contribution in [3.63, 3.8) is 0 Å². The highest BCUT2D eigenvalue weighted by atomic mass is 19.1. The Morgan fingerprint density at radius 1 is 1.16 bits per heavy atom. The van der Waals surface area contributed by atoms with Crippen molar-refractivity contribution in [1.29, 1.82) is 0 Å². The SMILES string of the molecule is Cc1cc(F)c(COc2cc3c(cn2)[C@H]2[C@@H](C3)[C@@H]2C(=O)O)cc1-c1ccc(OCCC(C)(O)CO)nc1C. The van der Waals surface area contributed by atoms with Crippen molar-refractivity contribution in [2.24, 2.45) is 11.8 Å². The van der Waals surface area contributed by atoms with E-state index in [4.69, 9.17) is 14.6 Å². The van der Waals surface area contributed by atoms with E-state index in [-0.39, 0.29) is 49.8 Å². The van der Waals surface area contributed by atoms with Crippen LogP contribution in [0.5, 0.6) is 11.8 Å². The fraction of sp³-hybridized carbons (Fsp3) is 0.414. The number of pyridine rings is 2. The fourth-order valence-corrected chi connectivity index (χ4v) is 5.31. The molecule has 0 radical (unpaired) electrons. The third-order valence-corrected chi connectivity index (χ3v) is 7.62. The van der Waals surface area contributed by atoms with Gasteiger partial charge in [0, 0.05) is 47.5 Å². The van der Waals surface area contributed by atoms with Gasteiger partial charge in [0.1, 0.15) is 12.4 Å². The first-order chi connectivity index (χ1) is 18.1. The number of hydrogen-bond donors (Lipinski definition) is 3. The number of aromatic nitrogens is 2. The van der Waals surface area contributed by atoms with E-state index in [2.05, 4.69) is 9.97 Å². The number of rotatable bonds is 10. The largest absolute Gasteiger partial charge is 0.481 e. The first kappa shape index (κ1) is 26.1. The van der Waals surface area contributed by atoms with Crippen LogP contribution in [0.2, 0.25) is 0 Å². The highest BCUT2D eigenvalue weighted by Crippen LogP contribution is 2.61. The number of nitrogens with zero attached hydrogens (tertiary/aromatic N) is 2. The van der Waals surface area contributed by atoms with Gasteiger partial charge in [-0.1, -0.05) is 0 Å². The molecule has 2 heterocycles. The number of aliphatic hydroxyl groups is 2. The molecule has 2 aromatic heterocycles. The Balaban J connectivity index is 1.28. The lowest BCUT2D eigenvalue weighted by Crippen LogP contribution is -2.31. The topological polar surface area (TPSA) is 122 Å². The zero-order valence-corrected chi connectivity index (χ0v) is 21.6. The van der Waals surface area contributed by atoms with E-state index < -0.39 is 11.6 Å². The predicted octanol–water partition coefficient (Wildman–Crippen LogP) is 3.96. The molecule has 1 aromatic carbocycles. The number of halogens is 1. The van der Waals surface area contributed by atoms with Crippen LogP contribution in [0.4, 0.5) is 4.39 Å². The molecule has 0 saturated heterocycles. The second-order valence-electron chi connectivity index (χ2n) is 10.6. The molecule has 200 valence electrons. The second kappa shape index (κ2) is 9.96. The van der Waals surface area contributed by atoms with Gasteiger partial charge in [-0.2, -0.15) is 0 Å². The van der Waals surface area contributed by atoms with E-state index in [1.807, 2.05) is 26.0 Å². The normalized spacial score (nSPS) is 20.8. The number of carbonyl (C=O) groups is 1. The molecule has 1 unspecified atom stereocenters. The molecule has 0 amide bonds. The van der Waals surface area contributed by atoms with Crippen LogP contribution in [-0.4, -0.2) is 50.1 Å². The fourth-order valence-electron chi connectivity index (χ4n) is 5.31. The van der Waals surface area contributed by atoms with Crippen LogP contribution in [0.1, 0.15) is 47.2 Å². The van der Waals surface area contributed by atoms with E-state index in [1.165, 1.54) is 13.0 Å². The average molecular weight is 523 g/mol. The van der Waals surface area contributed by atoms with Gasteiger partial charge in [0.05, 0.1) is 24.7 Å². The maximum atomic E-state index is 14.8. The number of ether oxygens (including phenoxy) is 2. The van der Waals surface area contributed by atoms with Crippen molar-refractivity contribution in [1.82, 2.24) is 9.97 Å². The minimum absolute atomic E-state index is 0.00599. The van der Waals surface area contributed by atoms with Crippen molar-refractivity contribution < 1.29 is 34.0 Å². The Morgan fingerprint density at radius 2 is 1.95 bits per heavy atom. The number of carboxylic acid groups (broad SMARTS) is 1. The number of fused-ring (bicyclic) bond motifs is 3. The molecule has 0 spiro atoms. The van der Waals surface area contributed by atoms with Gasteiger partial charge in [0.15, 0.2) is 0 Å². The van der Waals surface area contributed by atoms with Gasteiger partial charge in [0.2, 0.25) is 11.8 Å². The Kier molecular flexibility index (Phi) is 6.83. The predicted molar refractivity (Wildman–Crippen MR) is 137 cm³/mol. The number of benzene rings is 1. The lowest BCUT2D eigenvalue weighted by molar-refractivity contribution is -0.139. The van der Waals surface area contributed by atoms with E-state index in [0.29, 0.717) is 29.4 Å². The van der Waals surface area contributed by atoms with Gasteiger partial charge in [0.25, 0.3) is 0 Å². The van der Waals surface area contributed by atoms with E-state index in [0.717, 1.165) is 27.8 Å². The summed E-state index contributed by atoms with van der Waals surface area (Å²) < 4.78 is 26.3. The molecule has 3 aromatic rings. The highest BCUT2D eigenvalue weighted by molar-refractivity contribution is 5.77. The summed E-state index contributed by atoms with van der Waals surface area (Å²) in [5.74, 6) is -0.462. The lowest BCUT2D eigenvalue weighted by atomic mass is 9.97. The van der Waals surface area contributed by atoms with Gasteiger partial charge >= 0.3 is 5.97 Å². The van der Waals surface area contributed by atoms with Crippen LogP contribution in [0, 0.1) is 31.5 Å². The van der Waals surface area contributed by atoms with Gasteiger partial charge in [-0.25, -0.2) is 14.4 Å². The van der Waals surface area contributed by atoms with Crippen molar-refractivity contribution in [3.8, 4) is 22.9 Å².